The topological polar surface area (TPSA) is 35.5 Å². The van der Waals surface area contributed by atoms with E-state index in [1.54, 1.807) is 0 Å². The van der Waals surface area contributed by atoms with E-state index in [1.807, 2.05) is 0 Å². The van der Waals surface area contributed by atoms with Crippen molar-refractivity contribution in [2.75, 3.05) is 13.2 Å². The molecule has 0 spiro atoms. The zero-order chi connectivity index (χ0) is 11.4. The van der Waals surface area contributed by atoms with E-state index in [4.69, 9.17) is 9.47 Å². The summed E-state index contributed by atoms with van der Waals surface area (Å²) in [7, 11) is 0. The molecule has 0 radical (unpaired) electrons. The van der Waals surface area contributed by atoms with Gasteiger partial charge in [-0.05, 0) is 25.0 Å². The van der Waals surface area contributed by atoms with Crippen LogP contribution in [0.3, 0.4) is 0 Å². The van der Waals surface area contributed by atoms with E-state index >= 15 is 0 Å². The van der Waals surface area contributed by atoms with Crippen molar-refractivity contribution in [1.82, 2.24) is 0 Å². The van der Waals surface area contributed by atoms with Crippen molar-refractivity contribution in [3.8, 4) is 5.75 Å². The van der Waals surface area contributed by atoms with Gasteiger partial charge in [-0.1, -0.05) is 0 Å². The Kier molecular flexibility index (Phi) is 3.51. The summed E-state index contributed by atoms with van der Waals surface area (Å²) in [6, 6.07) is 3.96. The molecule has 1 fully saturated rings. The molecule has 0 aromatic heterocycles. The van der Waals surface area contributed by atoms with E-state index in [1.165, 1.54) is 18.2 Å². The highest BCUT2D eigenvalue weighted by Gasteiger charge is 2.16. The number of carbonyl (C=O) groups is 1. The molecule has 1 saturated heterocycles. The first-order valence-electron chi connectivity index (χ1n) is 5.28. The number of rotatable bonds is 4. The van der Waals surface area contributed by atoms with Crippen LogP contribution in [0.1, 0.15) is 23.2 Å². The van der Waals surface area contributed by atoms with Crippen LogP contribution in [0.25, 0.3) is 0 Å². The van der Waals surface area contributed by atoms with Crippen LogP contribution in [-0.2, 0) is 4.74 Å². The van der Waals surface area contributed by atoms with E-state index < -0.39 is 5.82 Å². The molecule has 0 amide bonds. The van der Waals surface area contributed by atoms with Gasteiger partial charge in [-0.2, -0.15) is 0 Å². The fourth-order valence-electron chi connectivity index (χ4n) is 1.70. The van der Waals surface area contributed by atoms with Gasteiger partial charge in [-0.3, -0.25) is 4.79 Å². The molecular weight excluding hydrogens is 211 g/mol. The third kappa shape index (κ3) is 2.79. The van der Waals surface area contributed by atoms with Gasteiger partial charge < -0.3 is 9.47 Å². The predicted molar refractivity (Wildman–Crippen MR) is 56.3 cm³/mol. The van der Waals surface area contributed by atoms with Crippen molar-refractivity contribution >= 4 is 6.29 Å². The number of ether oxygens (including phenoxy) is 2. The van der Waals surface area contributed by atoms with Crippen molar-refractivity contribution < 1.29 is 18.7 Å². The van der Waals surface area contributed by atoms with Gasteiger partial charge in [0.2, 0.25) is 0 Å². The normalized spacial score (nSPS) is 19.7. The fourth-order valence-corrected chi connectivity index (χ4v) is 1.70. The maximum absolute atomic E-state index is 13.0. The van der Waals surface area contributed by atoms with Gasteiger partial charge in [-0.15, -0.1) is 0 Å². The van der Waals surface area contributed by atoms with Crippen LogP contribution in [0.5, 0.6) is 5.75 Å². The second kappa shape index (κ2) is 5.07. The number of aldehydes is 1. The minimum atomic E-state index is -0.466. The summed E-state index contributed by atoms with van der Waals surface area (Å²) < 4.78 is 23.8. The molecule has 1 unspecified atom stereocenters. The summed E-state index contributed by atoms with van der Waals surface area (Å²) in [5.74, 6) is -0.0930. The zero-order valence-electron chi connectivity index (χ0n) is 8.82. The monoisotopic (exact) mass is 224 g/mol. The van der Waals surface area contributed by atoms with E-state index in [9.17, 15) is 9.18 Å². The molecule has 1 aromatic rings. The summed E-state index contributed by atoms with van der Waals surface area (Å²) in [6.07, 6.45) is 2.69. The Morgan fingerprint density at radius 3 is 3.06 bits per heavy atom. The molecule has 3 nitrogen and oxygen atoms in total. The quantitative estimate of drug-likeness (QED) is 0.735. The number of hydrogen-bond acceptors (Lipinski definition) is 3. The van der Waals surface area contributed by atoms with E-state index in [-0.39, 0.29) is 11.7 Å². The van der Waals surface area contributed by atoms with E-state index in [0.717, 1.165) is 19.4 Å². The number of carbonyl (C=O) groups excluding carboxylic acids is 1. The summed E-state index contributed by atoms with van der Waals surface area (Å²) >= 11 is 0. The van der Waals surface area contributed by atoms with Gasteiger partial charge in [0.25, 0.3) is 0 Å². The molecule has 0 N–H and O–H groups in total. The second-order valence-corrected chi connectivity index (χ2v) is 3.78. The van der Waals surface area contributed by atoms with Gasteiger partial charge >= 0.3 is 0 Å². The molecule has 86 valence electrons. The standard InChI is InChI=1S/C12H13FO3/c13-10-4-9(7-14)5-12(6-10)16-8-11-2-1-3-15-11/h4-7,11H,1-3,8H2. The highest BCUT2D eigenvalue weighted by Crippen LogP contribution is 2.18. The predicted octanol–water partition coefficient (Wildman–Crippen LogP) is 2.20. The molecule has 1 atom stereocenters. The largest absolute Gasteiger partial charge is 0.491 e. The Hall–Kier alpha value is -1.42. The molecule has 0 bridgehead atoms. The SMILES string of the molecule is O=Cc1cc(F)cc(OCC2CCCO2)c1. The molecular formula is C12H13FO3. The van der Waals surface area contributed by atoms with Gasteiger partial charge in [0, 0.05) is 18.2 Å². The van der Waals surface area contributed by atoms with E-state index in [0.29, 0.717) is 18.6 Å². The third-order valence-electron chi connectivity index (χ3n) is 2.49. The van der Waals surface area contributed by atoms with Crippen LogP contribution in [-0.4, -0.2) is 25.6 Å². The molecule has 1 aliphatic rings. The van der Waals surface area contributed by atoms with Crippen LogP contribution in [0.4, 0.5) is 4.39 Å². The van der Waals surface area contributed by atoms with Crippen LogP contribution < -0.4 is 4.74 Å². The first kappa shape index (κ1) is 11.1. The van der Waals surface area contributed by atoms with Crippen molar-refractivity contribution in [2.45, 2.75) is 18.9 Å². The highest BCUT2D eigenvalue weighted by atomic mass is 19.1. The zero-order valence-corrected chi connectivity index (χ0v) is 8.82. The Morgan fingerprint density at radius 1 is 1.50 bits per heavy atom. The average Bonchev–Trinajstić information content (AvgIpc) is 2.78. The van der Waals surface area contributed by atoms with Gasteiger partial charge in [0.05, 0.1) is 6.10 Å². The maximum Gasteiger partial charge on any atom is 0.150 e. The summed E-state index contributed by atoms with van der Waals surface area (Å²) in [4.78, 5) is 10.5. The van der Waals surface area contributed by atoms with Crippen molar-refractivity contribution in [3.63, 3.8) is 0 Å². The van der Waals surface area contributed by atoms with E-state index in [2.05, 4.69) is 0 Å². The number of benzene rings is 1. The van der Waals surface area contributed by atoms with Crippen LogP contribution >= 0.6 is 0 Å². The second-order valence-electron chi connectivity index (χ2n) is 3.78. The van der Waals surface area contributed by atoms with Crippen molar-refractivity contribution in [3.05, 3.63) is 29.6 Å². The average molecular weight is 224 g/mol. The van der Waals surface area contributed by atoms with Gasteiger partial charge in [0.1, 0.15) is 24.5 Å². The lowest BCUT2D eigenvalue weighted by molar-refractivity contribution is 0.0678. The highest BCUT2D eigenvalue weighted by molar-refractivity contribution is 5.75. The Bertz CT molecular complexity index is 373. The molecule has 1 heterocycles. The Balaban J connectivity index is 1.97. The molecule has 0 aliphatic carbocycles. The fraction of sp³-hybridized carbons (Fsp3) is 0.417. The smallest absolute Gasteiger partial charge is 0.150 e. The van der Waals surface area contributed by atoms with Gasteiger partial charge in [0.15, 0.2) is 0 Å². The lowest BCUT2D eigenvalue weighted by Gasteiger charge is -2.11. The first-order chi connectivity index (χ1) is 7.78. The molecule has 1 aliphatic heterocycles. The number of halogens is 1. The van der Waals surface area contributed by atoms with Crippen molar-refractivity contribution in [1.29, 1.82) is 0 Å². The molecule has 0 saturated carbocycles. The lowest BCUT2D eigenvalue weighted by Crippen LogP contribution is -2.16. The lowest BCUT2D eigenvalue weighted by atomic mass is 10.2. The maximum atomic E-state index is 13.0. The minimum absolute atomic E-state index is 0.0861. The third-order valence-corrected chi connectivity index (χ3v) is 2.49. The van der Waals surface area contributed by atoms with Crippen LogP contribution in [0.2, 0.25) is 0 Å². The Labute approximate surface area is 93.2 Å². The first-order valence-corrected chi connectivity index (χ1v) is 5.28. The van der Waals surface area contributed by atoms with Crippen LogP contribution in [0, 0.1) is 5.82 Å². The summed E-state index contributed by atoms with van der Waals surface area (Å²) in [6.45, 7) is 1.17. The minimum Gasteiger partial charge on any atom is -0.491 e. The summed E-state index contributed by atoms with van der Waals surface area (Å²) in [5.41, 5.74) is 0.280. The molecule has 16 heavy (non-hydrogen) atoms. The van der Waals surface area contributed by atoms with Crippen LogP contribution in [0.15, 0.2) is 18.2 Å². The molecule has 2 rings (SSSR count). The number of hydrogen-bond donors (Lipinski definition) is 0. The molecule has 4 heteroatoms. The molecule has 1 aromatic carbocycles. The summed E-state index contributed by atoms with van der Waals surface area (Å²) in [5, 5.41) is 0. The van der Waals surface area contributed by atoms with Gasteiger partial charge in [-0.25, -0.2) is 4.39 Å². The van der Waals surface area contributed by atoms with Crippen molar-refractivity contribution in [2.24, 2.45) is 0 Å². The Morgan fingerprint density at radius 2 is 2.38 bits per heavy atom.